The van der Waals surface area contributed by atoms with Gasteiger partial charge in [-0.2, -0.15) is 0 Å². The van der Waals surface area contributed by atoms with Crippen LogP contribution in [0.15, 0.2) is 48.5 Å². The Morgan fingerprint density at radius 1 is 0.489 bits per heavy atom. The minimum atomic E-state index is -1.76. The Kier molecular flexibility index (Phi) is 13.7. The van der Waals surface area contributed by atoms with Gasteiger partial charge >= 0.3 is 0 Å². The third-order valence-corrected chi connectivity index (χ3v) is 6.38. The molecule has 4 rings (SSSR count). The lowest BCUT2D eigenvalue weighted by atomic mass is 10.0. The fraction of sp³-hybridized carbons (Fsp3) is 0.294. The molecule has 0 aliphatic rings. The molecule has 0 atom stereocenters. The van der Waals surface area contributed by atoms with E-state index in [1.54, 1.807) is 12.1 Å². The molecule has 4 nitrogen and oxygen atoms in total. The second-order valence-electron chi connectivity index (χ2n) is 9.98. The van der Waals surface area contributed by atoms with Gasteiger partial charge in [-0.1, -0.05) is 20.8 Å². The van der Waals surface area contributed by atoms with Crippen molar-refractivity contribution in [3.05, 3.63) is 94.8 Å². The summed E-state index contributed by atoms with van der Waals surface area (Å²) in [7, 11) is 0. The number of rotatable bonds is 13. The van der Waals surface area contributed by atoms with Crippen molar-refractivity contribution in [2.45, 2.75) is 46.7 Å². The van der Waals surface area contributed by atoms with Crippen LogP contribution in [-0.4, -0.2) is 19.8 Å². The van der Waals surface area contributed by atoms with E-state index in [4.69, 9.17) is 14.2 Å². The quantitative estimate of drug-likeness (QED) is 0.105. The predicted octanol–water partition coefficient (Wildman–Crippen LogP) is 10.8. The summed E-state index contributed by atoms with van der Waals surface area (Å²) in [5.41, 5.74) is -1.31. The van der Waals surface area contributed by atoms with Gasteiger partial charge in [0.15, 0.2) is 23.2 Å². The van der Waals surface area contributed by atoms with Gasteiger partial charge in [0.25, 0.3) is 0 Å². The predicted molar refractivity (Wildman–Crippen MR) is 157 cm³/mol. The van der Waals surface area contributed by atoms with Gasteiger partial charge in [-0.3, -0.25) is 4.94 Å². The molecule has 0 saturated carbocycles. The first-order valence-corrected chi connectivity index (χ1v) is 14.5. The van der Waals surface area contributed by atoms with E-state index in [1.807, 2.05) is 20.8 Å². The largest absolute Gasteiger partial charge is 0.493 e. The van der Waals surface area contributed by atoms with Crippen LogP contribution < -0.4 is 19.2 Å². The summed E-state index contributed by atoms with van der Waals surface area (Å²) in [5, 5.41) is 0. The van der Waals surface area contributed by atoms with Gasteiger partial charge in [0.1, 0.15) is 47.2 Å². The maximum Gasteiger partial charge on any atom is 0.194 e. The number of hydrogen-bond donors (Lipinski definition) is 0. The van der Waals surface area contributed by atoms with Gasteiger partial charge in [0, 0.05) is 28.8 Å². The Morgan fingerprint density at radius 2 is 0.915 bits per heavy atom. The molecule has 0 bridgehead atoms. The Hall–Kier alpha value is -4.55. The van der Waals surface area contributed by atoms with Crippen molar-refractivity contribution in [3.63, 3.8) is 0 Å². The van der Waals surface area contributed by atoms with Crippen molar-refractivity contribution >= 4 is 0 Å². The SMILES string of the molecule is CCCOc1cc(OCCC)c(-c2cc(F)c(CF)c(F)c2)c(OCCC)c1.FOc1cc(F)c(-c2cc(F)c(F)c(F)c2)c(F)c1. The van der Waals surface area contributed by atoms with Gasteiger partial charge in [-0.15, -0.1) is 0 Å². The van der Waals surface area contributed by atoms with Crippen molar-refractivity contribution in [2.75, 3.05) is 19.8 Å². The van der Waals surface area contributed by atoms with Crippen LogP contribution >= 0.6 is 0 Å². The molecule has 0 amide bonds. The van der Waals surface area contributed by atoms with E-state index in [1.165, 1.54) is 0 Å². The van der Waals surface area contributed by atoms with Gasteiger partial charge in [0.2, 0.25) is 0 Å². The second kappa shape index (κ2) is 17.4. The number of alkyl halides is 1. The third-order valence-electron chi connectivity index (χ3n) is 6.38. The molecule has 4 aromatic rings. The molecule has 0 aromatic heterocycles. The molecule has 0 fully saturated rings. The second-order valence-corrected chi connectivity index (χ2v) is 9.98. The van der Waals surface area contributed by atoms with E-state index in [0.29, 0.717) is 66.9 Å². The summed E-state index contributed by atoms with van der Waals surface area (Å²) in [4.78, 5) is 3.15. The lowest BCUT2D eigenvalue weighted by Crippen LogP contribution is -2.04. The number of benzene rings is 4. The highest BCUT2D eigenvalue weighted by molar-refractivity contribution is 5.78. The molecule has 0 saturated heterocycles. The molecular formula is C34H31F9O4. The fourth-order valence-electron chi connectivity index (χ4n) is 4.25. The Balaban J connectivity index is 0.000000274. The van der Waals surface area contributed by atoms with E-state index in [9.17, 15) is 39.6 Å². The van der Waals surface area contributed by atoms with Gasteiger partial charge < -0.3 is 14.2 Å². The molecule has 0 radical (unpaired) electrons. The topological polar surface area (TPSA) is 36.9 Å². The highest BCUT2D eigenvalue weighted by atomic mass is 19.3. The fourth-order valence-corrected chi connectivity index (χ4v) is 4.25. The molecule has 47 heavy (non-hydrogen) atoms. The summed E-state index contributed by atoms with van der Waals surface area (Å²) >= 11 is 0. The van der Waals surface area contributed by atoms with E-state index in [-0.39, 0.29) is 5.56 Å². The molecule has 254 valence electrons. The summed E-state index contributed by atoms with van der Waals surface area (Å²) in [5.74, 6) is -8.81. The third kappa shape index (κ3) is 9.26. The smallest absolute Gasteiger partial charge is 0.194 e. The molecular weight excluding hydrogens is 643 g/mol. The van der Waals surface area contributed by atoms with Crippen LogP contribution in [0.5, 0.6) is 23.0 Å². The zero-order valence-corrected chi connectivity index (χ0v) is 25.6. The normalized spacial score (nSPS) is 10.7. The van der Waals surface area contributed by atoms with Crippen LogP contribution in [0.4, 0.5) is 39.6 Å². The van der Waals surface area contributed by atoms with Crippen LogP contribution in [-0.2, 0) is 6.67 Å². The maximum atomic E-state index is 14.2. The molecule has 0 unspecified atom stereocenters. The molecule has 4 aromatic carbocycles. The van der Waals surface area contributed by atoms with Crippen molar-refractivity contribution in [3.8, 4) is 45.3 Å². The van der Waals surface area contributed by atoms with Gasteiger partial charge in [-0.05, 0) is 54.7 Å². The van der Waals surface area contributed by atoms with Gasteiger partial charge in [-0.25, -0.2) is 35.1 Å². The Bertz CT molecular complexity index is 1570. The Labute approximate surface area is 265 Å². The van der Waals surface area contributed by atoms with E-state index in [0.717, 1.165) is 31.4 Å². The first kappa shape index (κ1) is 36.9. The minimum Gasteiger partial charge on any atom is -0.493 e. The summed E-state index contributed by atoms with van der Waals surface area (Å²) in [6, 6.07) is 7.42. The average molecular weight is 675 g/mol. The molecule has 0 aliphatic carbocycles. The van der Waals surface area contributed by atoms with Crippen LogP contribution in [0.3, 0.4) is 0 Å². The zero-order valence-electron chi connectivity index (χ0n) is 25.6. The van der Waals surface area contributed by atoms with Crippen LogP contribution in [0.1, 0.15) is 45.6 Å². The van der Waals surface area contributed by atoms with Crippen LogP contribution in [0.2, 0.25) is 0 Å². The average Bonchev–Trinajstić information content (AvgIpc) is 3.03. The number of hydrogen-bond acceptors (Lipinski definition) is 4. The van der Waals surface area contributed by atoms with Crippen molar-refractivity contribution in [1.29, 1.82) is 0 Å². The van der Waals surface area contributed by atoms with Crippen LogP contribution in [0, 0.1) is 40.7 Å². The zero-order chi connectivity index (χ0) is 34.7. The lowest BCUT2D eigenvalue weighted by molar-refractivity contribution is -0.00688. The first-order chi connectivity index (χ1) is 22.5. The highest BCUT2D eigenvalue weighted by Crippen LogP contribution is 2.43. The first-order valence-electron chi connectivity index (χ1n) is 14.5. The van der Waals surface area contributed by atoms with E-state index >= 15 is 0 Å². The summed E-state index contributed by atoms with van der Waals surface area (Å²) in [6.07, 6.45) is 2.35. The molecule has 0 heterocycles. The van der Waals surface area contributed by atoms with Gasteiger partial charge in [0.05, 0.1) is 36.5 Å². The Morgan fingerprint density at radius 3 is 1.34 bits per heavy atom. The van der Waals surface area contributed by atoms with E-state index < -0.39 is 69.8 Å². The van der Waals surface area contributed by atoms with Crippen molar-refractivity contribution in [2.24, 2.45) is 0 Å². The molecule has 0 spiro atoms. The van der Waals surface area contributed by atoms with Crippen molar-refractivity contribution in [1.82, 2.24) is 0 Å². The maximum absolute atomic E-state index is 14.2. The van der Waals surface area contributed by atoms with Crippen LogP contribution in [0.25, 0.3) is 22.3 Å². The standard InChI is InChI=1S/C22H27F3O3.C12H4F6O/c1-4-7-26-16-12-20(27-8-5-2)22(21(13-16)28-9-6-3)15-10-18(24)17(14-23)19(25)11-15;13-7-3-6(19-18)4-8(14)11(7)5-1-9(15)12(17)10(16)2-5/h10-13H,4-9,14H2,1-3H3;1-4H. The van der Waals surface area contributed by atoms with E-state index in [2.05, 4.69) is 4.94 Å². The molecule has 13 heteroatoms. The number of halogens is 9. The minimum absolute atomic E-state index is 0.228. The monoisotopic (exact) mass is 674 g/mol. The van der Waals surface area contributed by atoms with Crippen molar-refractivity contribution < 1.29 is 58.8 Å². The highest BCUT2D eigenvalue weighted by Gasteiger charge is 2.21. The summed E-state index contributed by atoms with van der Waals surface area (Å²) < 4.78 is 136. The summed E-state index contributed by atoms with van der Waals surface area (Å²) in [6.45, 7) is 6.07. The molecule has 0 aliphatic heterocycles. The number of ether oxygens (including phenoxy) is 3. The lowest BCUT2D eigenvalue weighted by Gasteiger charge is -2.19. The molecule has 0 N–H and O–H groups in total.